The fourth-order valence-corrected chi connectivity index (χ4v) is 2.13. The molecule has 2 N–H and O–H groups in total. The molecule has 0 aliphatic rings. The van der Waals surface area contributed by atoms with E-state index in [0.29, 0.717) is 11.5 Å². The van der Waals surface area contributed by atoms with Crippen LogP contribution in [0.5, 0.6) is 0 Å². The number of hydrogen-bond donors (Lipinski definition) is 2. The third-order valence-electron chi connectivity index (χ3n) is 2.96. The number of hydrogen-bond acceptors (Lipinski definition) is 4. The molecule has 2 aromatic rings. The van der Waals surface area contributed by atoms with Crippen molar-refractivity contribution in [3.8, 4) is 0 Å². The summed E-state index contributed by atoms with van der Waals surface area (Å²) in [5.41, 5.74) is 0.413. The van der Waals surface area contributed by atoms with Gasteiger partial charge in [0, 0.05) is 11.9 Å². The molecular weight excluding hydrogens is 266 g/mol. The molecule has 0 radical (unpaired) electrons. The van der Waals surface area contributed by atoms with E-state index in [1.54, 1.807) is 18.2 Å². The van der Waals surface area contributed by atoms with Crippen LogP contribution in [0.1, 0.15) is 5.69 Å². The maximum Gasteiger partial charge on any atom is 0.255 e. The molecule has 0 amide bonds. The largest absolute Gasteiger partial charge is 0.395 e. The SMILES string of the molecule is OCCN(CC(F)F)c1nc(CO)cc2ccccc12. The van der Waals surface area contributed by atoms with Gasteiger partial charge in [-0.2, -0.15) is 0 Å². The summed E-state index contributed by atoms with van der Waals surface area (Å²) in [5, 5.41) is 19.8. The molecule has 0 aliphatic heterocycles. The Bertz CT molecular complexity index is 578. The zero-order valence-corrected chi connectivity index (χ0v) is 10.8. The van der Waals surface area contributed by atoms with Crippen molar-refractivity contribution in [2.24, 2.45) is 0 Å². The highest BCUT2D eigenvalue weighted by Gasteiger charge is 2.17. The Balaban J connectivity index is 2.53. The molecule has 20 heavy (non-hydrogen) atoms. The first-order valence-corrected chi connectivity index (χ1v) is 6.29. The number of fused-ring (bicyclic) bond motifs is 1. The molecule has 0 aliphatic carbocycles. The monoisotopic (exact) mass is 282 g/mol. The normalized spacial score (nSPS) is 11.2. The minimum absolute atomic E-state index is 0.0657. The number of pyridine rings is 1. The van der Waals surface area contributed by atoms with Gasteiger partial charge in [-0.05, 0) is 11.5 Å². The molecule has 0 atom stereocenters. The average molecular weight is 282 g/mol. The van der Waals surface area contributed by atoms with Gasteiger partial charge in [0.1, 0.15) is 5.82 Å². The van der Waals surface area contributed by atoms with Gasteiger partial charge in [0.25, 0.3) is 6.43 Å². The van der Waals surface area contributed by atoms with E-state index in [2.05, 4.69) is 4.98 Å². The van der Waals surface area contributed by atoms with Crippen LogP contribution in [-0.2, 0) is 6.61 Å². The molecule has 0 unspecified atom stereocenters. The zero-order chi connectivity index (χ0) is 14.5. The van der Waals surface area contributed by atoms with Gasteiger partial charge in [-0.1, -0.05) is 24.3 Å². The van der Waals surface area contributed by atoms with Crippen LogP contribution in [0.4, 0.5) is 14.6 Å². The summed E-state index contributed by atoms with van der Waals surface area (Å²) in [6.07, 6.45) is -2.53. The zero-order valence-electron chi connectivity index (χ0n) is 10.8. The number of rotatable bonds is 6. The topological polar surface area (TPSA) is 56.6 Å². The van der Waals surface area contributed by atoms with Crippen molar-refractivity contribution in [1.29, 1.82) is 0 Å². The van der Waals surface area contributed by atoms with Gasteiger partial charge in [-0.15, -0.1) is 0 Å². The second-order valence-corrected chi connectivity index (χ2v) is 4.38. The summed E-state index contributed by atoms with van der Waals surface area (Å²) in [6.45, 7) is -0.950. The quantitative estimate of drug-likeness (QED) is 0.848. The molecule has 1 aromatic heterocycles. The summed E-state index contributed by atoms with van der Waals surface area (Å²) < 4.78 is 25.4. The summed E-state index contributed by atoms with van der Waals surface area (Å²) >= 11 is 0. The Morgan fingerprint density at radius 2 is 1.95 bits per heavy atom. The summed E-state index contributed by atoms with van der Waals surface area (Å²) in [5.74, 6) is 0.363. The number of aliphatic hydroxyl groups is 2. The van der Waals surface area contributed by atoms with Crippen LogP contribution >= 0.6 is 0 Å². The van der Waals surface area contributed by atoms with Gasteiger partial charge < -0.3 is 15.1 Å². The molecule has 1 aromatic carbocycles. The van der Waals surface area contributed by atoms with Gasteiger partial charge in [0.15, 0.2) is 0 Å². The lowest BCUT2D eigenvalue weighted by molar-refractivity contribution is 0.152. The molecule has 4 nitrogen and oxygen atoms in total. The summed E-state index contributed by atoms with van der Waals surface area (Å²) in [6, 6.07) is 8.97. The minimum Gasteiger partial charge on any atom is -0.395 e. The third kappa shape index (κ3) is 3.20. The average Bonchev–Trinajstić information content (AvgIpc) is 2.45. The molecule has 0 fully saturated rings. The third-order valence-corrected chi connectivity index (χ3v) is 2.96. The predicted molar refractivity (Wildman–Crippen MR) is 73.0 cm³/mol. The maximum atomic E-state index is 12.7. The summed E-state index contributed by atoms with van der Waals surface area (Å²) in [7, 11) is 0. The van der Waals surface area contributed by atoms with Gasteiger partial charge in [-0.25, -0.2) is 13.8 Å². The number of benzene rings is 1. The van der Waals surface area contributed by atoms with Crippen LogP contribution in [-0.4, -0.2) is 41.3 Å². The van der Waals surface area contributed by atoms with Gasteiger partial charge in [0.05, 0.1) is 25.5 Å². The molecule has 0 saturated heterocycles. The van der Waals surface area contributed by atoms with Crippen molar-refractivity contribution < 1.29 is 19.0 Å². The Hall–Kier alpha value is -1.79. The highest BCUT2D eigenvalue weighted by Crippen LogP contribution is 2.26. The van der Waals surface area contributed by atoms with E-state index >= 15 is 0 Å². The smallest absolute Gasteiger partial charge is 0.255 e. The van der Waals surface area contributed by atoms with E-state index in [1.165, 1.54) is 4.90 Å². The maximum absolute atomic E-state index is 12.7. The molecule has 1 heterocycles. The minimum atomic E-state index is -2.53. The van der Waals surface area contributed by atoms with Crippen LogP contribution in [0.15, 0.2) is 30.3 Å². The van der Waals surface area contributed by atoms with Crippen molar-refractivity contribution in [2.75, 3.05) is 24.6 Å². The van der Waals surface area contributed by atoms with Gasteiger partial charge >= 0.3 is 0 Å². The molecular formula is C14H16F2N2O2. The van der Waals surface area contributed by atoms with Crippen molar-refractivity contribution >= 4 is 16.6 Å². The van der Waals surface area contributed by atoms with E-state index < -0.39 is 13.0 Å². The lowest BCUT2D eigenvalue weighted by Crippen LogP contribution is -2.32. The Labute approximate surface area is 115 Å². The van der Waals surface area contributed by atoms with E-state index in [-0.39, 0.29) is 19.8 Å². The first kappa shape index (κ1) is 14.6. The Morgan fingerprint density at radius 3 is 2.60 bits per heavy atom. The molecule has 6 heteroatoms. The molecule has 2 rings (SSSR count). The van der Waals surface area contributed by atoms with Crippen LogP contribution in [0.2, 0.25) is 0 Å². The van der Waals surface area contributed by atoms with Crippen molar-refractivity contribution in [3.05, 3.63) is 36.0 Å². The van der Waals surface area contributed by atoms with Crippen molar-refractivity contribution in [2.45, 2.75) is 13.0 Å². The number of halogens is 2. The highest BCUT2D eigenvalue weighted by atomic mass is 19.3. The highest BCUT2D eigenvalue weighted by molar-refractivity contribution is 5.92. The second kappa shape index (κ2) is 6.58. The molecule has 0 saturated carbocycles. The first-order chi connectivity index (χ1) is 9.65. The predicted octanol–water partition coefficient (Wildman–Crippen LogP) is 1.79. The second-order valence-electron chi connectivity index (χ2n) is 4.38. The fourth-order valence-electron chi connectivity index (χ4n) is 2.13. The van der Waals surface area contributed by atoms with Crippen molar-refractivity contribution in [3.63, 3.8) is 0 Å². The van der Waals surface area contributed by atoms with E-state index in [9.17, 15) is 13.9 Å². The molecule has 0 spiro atoms. The Morgan fingerprint density at radius 1 is 1.20 bits per heavy atom. The van der Waals surface area contributed by atoms with Gasteiger partial charge in [0.2, 0.25) is 0 Å². The standard InChI is InChI=1S/C14H16F2N2O2/c15-13(16)8-18(5-6-19)14-12-4-2-1-3-10(12)7-11(9-20)17-14/h1-4,7,13,19-20H,5-6,8-9H2. The molecule has 108 valence electrons. The van der Waals surface area contributed by atoms with Crippen LogP contribution in [0, 0.1) is 0 Å². The van der Waals surface area contributed by atoms with Crippen LogP contribution < -0.4 is 4.90 Å². The van der Waals surface area contributed by atoms with E-state index in [0.717, 1.165) is 10.8 Å². The number of anilines is 1. The van der Waals surface area contributed by atoms with E-state index in [1.807, 2.05) is 12.1 Å². The van der Waals surface area contributed by atoms with Crippen molar-refractivity contribution in [1.82, 2.24) is 4.98 Å². The Kier molecular flexibility index (Phi) is 4.81. The number of nitrogens with zero attached hydrogens (tertiary/aromatic N) is 2. The van der Waals surface area contributed by atoms with E-state index in [4.69, 9.17) is 5.11 Å². The number of aliphatic hydroxyl groups excluding tert-OH is 2. The first-order valence-electron chi connectivity index (χ1n) is 6.29. The molecule has 0 bridgehead atoms. The van der Waals surface area contributed by atoms with Crippen LogP contribution in [0.3, 0.4) is 0 Å². The fraction of sp³-hybridized carbons (Fsp3) is 0.357. The van der Waals surface area contributed by atoms with Crippen LogP contribution in [0.25, 0.3) is 10.8 Å². The summed E-state index contributed by atoms with van der Waals surface area (Å²) in [4.78, 5) is 5.56. The van der Waals surface area contributed by atoms with Gasteiger partial charge in [-0.3, -0.25) is 0 Å². The number of aromatic nitrogens is 1. The number of alkyl halides is 2. The lowest BCUT2D eigenvalue weighted by Gasteiger charge is -2.24. The lowest BCUT2D eigenvalue weighted by atomic mass is 10.1.